The monoisotopic (exact) mass is 374 g/mol. The van der Waals surface area contributed by atoms with Crippen molar-refractivity contribution >= 4 is 22.4 Å². The summed E-state index contributed by atoms with van der Waals surface area (Å²) < 4.78 is 5.90. The average Bonchev–Trinajstić information content (AvgIpc) is 2.52. The van der Waals surface area contributed by atoms with E-state index in [-0.39, 0.29) is 5.78 Å². The molecule has 0 aliphatic rings. The molecular weight excluding hydrogens is 344 g/mol. The minimum atomic E-state index is -1.23. The van der Waals surface area contributed by atoms with Crippen LogP contribution in [0.5, 0.6) is 0 Å². The van der Waals surface area contributed by atoms with E-state index in [9.17, 15) is 9.90 Å². The lowest BCUT2D eigenvalue weighted by Crippen LogP contribution is -2.39. The molecule has 1 N–H and O–H groups in total. The molecule has 2 aromatic carbocycles. The highest BCUT2D eigenvalue weighted by Crippen LogP contribution is 2.17. The fourth-order valence-electron chi connectivity index (χ4n) is 2.47. The van der Waals surface area contributed by atoms with Gasteiger partial charge in [-0.2, -0.15) is 0 Å². The number of benzene rings is 2. The Morgan fingerprint density at radius 3 is 1.56 bits per heavy atom. The lowest BCUT2D eigenvalue weighted by Gasteiger charge is -2.27. The van der Waals surface area contributed by atoms with E-state index in [0.29, 0.717) is 11.1 Å². The van der Waals surface area contributed by atoms with E-state index in [1.165, 1.54) is 0 Å². The Labute approximate surface area is 153 Å². The number of hydrogen-bond acceptors (Lipinski definition) is 3. The van der Waals surface area contributed by atoms with Crippen LogP contribution in [0.25, 0.3) is 0 Å². The largest absolute Gasteiger partial charge is 0.456 e. The molecule has 1 unspecified atom stereocenters. The van der Waals surface area contributed by atoms with Crippen molar-refractivity contribution in [3.63, 3.8) is 0 Å². The van der Waals surface area contributed by atoms with Crippen LogP contribution in [0.3, 0.4) is 0 Å². The van der Waals surface area contributed by atoms with E-state index in [1.807, 2.05) is 12.1 Å². The maximum atomic E-state index is 11.9. The molecule has 0 aliphatic heterocycles. The fourth-order valence-corrected chi connectivity index (χ4v) is 9.81. The first kappa shape index (κ1) is 21.5. The molecule has 1 atom stereocenters. The van der Waals surface area contributed by atoms with Crippen molar-refractivity contribution in [2.24, 2.45) is 0 Å². The van der Waals surface area contributed by atoms with E-state index >= 15 is 0 Å². The predicted octanol–water partition coefficient (Wildman–Crippen LogP) is 5.28. The molecule has 2 aromatic rings. The molecule has 3 nitrogen and oxygen atoms in total. The second kappa shape index (κ2) is 9.24. The molecule has 0 fully saturated rings. The lowest BCUT2D eigenvalue weighted by molar-refractivity contribution is 0.0747. The zero-order valence-electron chi connectivity index (χ0n) is 16.1. The van der Waals surface area contributed by atoms with Crippen molar-refractivity contribution < 1.29 is 14.0 Å². The van der Waals surface area contributed by atoms with Gasteiger partial charge in [0.2, 0.25) is 0 Å². The summed E-state index contributed by atoms with van der Waals surface area (Å²) in [6.45, 7) is 13.4. The van der Waals surface area contributed by atoms with Crippen LogP contribution in [0.2, 0.25) is 39.3 Å². The Balaban J connectivity index is 0.000000299. The van der Waals surface area contributed by atoms with Crippen molar-refractivity contribution in [2.75, 3.05) is 0 Å². The zero-order valence-corrected chi connectivity index (χ0v) is 18.1. The van der Waals surface area contributed by atoms with Crippen LogP contribution < -0.4 is 0 Å². The fraction of sp³-hybridized carbons (Fsp3) is 0.350. The summed E-state index contributed by atoms with van der Waals surface area (Å²) in [4.78, 5) is 11.9. The predicted molar refractivity (Wildman–Crippen MR) is 110 cm³/mol. The minimum Gasteiger partial charge on any atom is -0.456 e. The van der Waals surface area contributed by atoms with Crippen LogP contribution in [0.15, 0.2) is 60.7 Å². The van der Waals surface area contributed by atoms with E-state index in [0.717, 1.165) is 0 Å². The Morgan fingerprint density at radius 2 is 1.20 bits per heavy atom. The van der Waals surface area contributed by atoms with Gasteiger partial charge in [0.1, 0.15) is 6.10 Å². The summed E-state index contributed by atoms with van der Waals surface area (Å²) in [5.41, 5.74) is 1.15. The number of ketones is 1. The van der Waals surface area contributed by atoms with Gasteiger partial charge in [-0.25, -0.2) is 0 Å². The van der Waals surface area contributed by atoms with E-state index in [4.69, 9.17) is 4.12 Å². The molecule has 0 spiro atoms. The van der Waals surface area contributed by atoms with E-state index < -0.39 is 22.7 Å². The molecule has 0 saturated carbocycles. The number of carbonyl (C=O) groups is 1. The summed E-state index contributed by atoms with van der Waals surface area (Å²) in [5, 5.41) is 9.89. The second-order valence-corrected chi connectivity index (χ2v) is 17.1. The van der Waals surface area contributed by atoms with Crippen LogP contribution in [0.4, 0.5) is 0 Å². The SMILES string of the molecule is C[Si](C)(C)O[Si](C)(C)C.O=C(c1ccccc1)C(O)c1ccccc1. The normalized spacial score (nSPS) is 12.8. The molecule has 0 bridgehead atoms. The molecule has 0 aromatic heterocycles. The topological polar surface area (TPSA) is 46.5 Å². The summed E-state index contributed by atoms with van der Waals surface area (Å²) in [6, 6.07) is 17.7. The highest BCUT2D eigenvalue weighted by Gasteiger charge is 2.24. The third-order valence-corrected chi connectivity index (χ3v) is 7.93. The Hall–Kier alpha value is -1.54. The van der Waals surface area contributed by atoms with Crippen LogP contribution in [-0.2, 0) is 4.12 Å². The number of aliphatic hydroxyl groups is 1. The summed E-state index contributed by atoms with van der Waals surface area (Å²) >= 11 is 0. The van der Waals surface area contributed by atoms with Gasteiger partial charge in [-0.3, -0.25) is 4.79 Å². The van der Waals surface area contributed by atoms with Gasteiger partial charge in [-0.15, -0.1) is 0 Å². The molecule has 0 saturated heterocycles. The maximum absolute atomic E-state index is 11.9. The van der Waals surface area contributed by atoms with Crippen molar-refractivity contribution in [3.05, 3.63) is 71.8 Å². The van der Waals surface area contributed by atoms with Crippen LogP contribution in [0, 0.1) is 0 Å². The van der Waals surface area contributed by atoms with Gasteiger partial charge in [0.15, 0.2) is 22.4 Å². The van der Waals surface area contributed by atoms with Crippen molar-refractivity contribution in [1.29, 1.82) is 0 Å². The Kier molecular flexibility index (Phi) is 7.95. The van der Waals surface area contributed by atoms with E-state index in [2.05, 4.69) is 39.3 Å². The molecule has 5 heteroatoms. The first-order chi connectivity index (χ1) is 11.5. The Bertz CT molecular complexity index is 632. The molecule has 2 rings (SSSR count). The summed E-state index contributed by atoms with van der Waals surface area (Å²) in [6.07, 6.45) is -1.08. The molecule has 0 heterocycles. The molecule has 0 aliphatic carbocycles. The van der Waals surface area contributed by atoms with Gasteiger partial charge in [-0.1, -0.05) is 60.7 Å². The molecular formula is C20H30O3Si2. The van der Waals surface area contributed by atoms with Gasteiger partial charge in [0.05, 0.1) is 0 Å². The Morgan fingerprint density at radius 1 is 0.800 bits per heavy atom. The second-order valence-electron chi connectivity index (χ2n) is 7.87. The van der Waals surface area contributed by atoms with Gasteiger partial charge in [0.25, 0.3) is 0 Å². The van der Waals surface area contributed by atoms with Crippen LogP contribution >= 0.6 is 0 Å². The van der Waals surface area contributed by atoms with Crippen molar-refractivity contribution in [3.8, 4) is 0 Å². The lowest BCUT2D eigenvalue weighted by atomic mass is 10.0. The van der Waals surface area contributed by atoms with Gasteiger partial charge in [-0.05, 0) is 44.8 Å². The number of carbonyl (C=O) groups excluding carboxylic acids is 1. The number of rotatable bonds is 5. The van der Waals surface area contributed by atoms with Crippen molar-refractivity contribution in [1.82, 2.24) is 0 Å². The number of Topliss-reactive ketones (excluding diaryl/α,β-unsaturated/α-hetero) is 1. The first-order valence-electron chi connectivity index (χ1n) is 8.52. The molecule has 0 radical (unpaired) electrons. The van der Waals surface area contributed by atoms with Crippen LogP contribution in [0.1, 0.15) is 22.0 Å². The molecule has 0 amide bonds. The maximum Gasteiger partial charge on any atom is 0.195 e. The standard InChI is InChI=1S/C14H12O2.C6H18OSi2/c15-13(11-7-3-1-4-8-11)14(16)12-9-5-2-6-10-12;1-8(2,3)7-9(4,5)6/h1-10,13,15H;1-6H3. The average molecular weight is 375 g/mol. The third-order valence-electron chi connectivity index (χ3n) is 3.03. The third kappa shape index (κ3) is 8.93. The number of aliphatic hydroxyl groups excluding tert-OH is 1. The van der Waals surface area contributed by atoms with Crippen LogP contribution in [-0.4, -0.2) is 27.5 Å². The van der Waals surface area contributed by atoms with Gasteiger partial charge < -0.3 is 9.22 Å². The minimum absolute atomic E-state index is 0.271. The van der Waals surface area contributed by atoms with E-state index in [1.54, 1.807) is 48.5 Å². The van der Waals surface area contributed by atoms with Gasteiger partial charge >= 0.3 is 0 Å². The quantitative estimate of drug-likeness (QED) is 0.572. The summed E-state index contributed by atoms with van der Waals surface area (Å²) in [7, 11) is -2.46. The summed E-state index contributed by atoms with van der Waals surface area (Å²) in [5.74, 6) is -0.271. The molecule has 136 valence electrons. The zero-order chi connectivity index (χ0) is 19.1. The van der Waals surface area contributed by atoms with Gasteiger partial charge in [0, 0.05) is 5.56 Å². The number of hydrogen-bond donors (Lipinski definition) is 1. The highest BCUT2D eigenvalue weighted by atomic mass is 28.4. The highest BCUT2D eigenvalue weighted by molar-refractivity contribution is 6.83. The van der Waals surface area contributed by atoms with Crippen molar-refractivity contribution in [2.45, 2.75) is 45.4 Å². The smallest absolute Gasteiger partial charge is 0.195 e. The molecule has 25 heavy (non-hydrogen) atoms. The first-order valence-corrected chi connectivity index (χ1v) is 15.3.